The van der Waals surface area contributed by atoms with E-state index in [0.717, 1.165) is 84.0 Å². The van der Waals surface area contributed by atoms with Crippen molar-refractivity contribution in [1.82, 2.24) is 28.9 Å². The number of hydrogen-bond acceptors (Lipinski definition) is 4. The zero-order chi connectivity index (χ0) is 34.4. The third kappa shape index (κ3) is 4.88. The first kappa shape index (κ1) is 29.7. The molecule has 0 amide bonds. The summed E-state index contributed by atoms with van der Waals surface area (Å²) in [5.74, 6) is 2.31. The van der Waals surface area contributed by atoms with Crippen LogP contribution in [-0.4, -0.2) is 28.9 Å². The monoisotopic (exact) mass is 666 g/mol. The fourth-order valence-corrected chi connectivity index (χ4v) is 7.22. The Morgan fingerprint density at radius 2 is 0.942 bits per heavy atom. The van der Waals surface area contributed by atoms with E-state index in [1.807, 2.05) is 48.7 Å². The van der Waals surface area contributed by atoms with E-state index in [9.17, 15) is 0 Å². The average molecular weight is 667 g/mol. The van der Waals surface area contributed by atoms with Crippen LogP contribution < -0.4 is 0 Å². The first-order valence-corrected chi connectivity index (χ1v) is 17.3. The minimum absolute atomic E-state index is 0.658. The van der Waals surface area contributed by atoms with E-state index < -0.39 is 0 Å². The van der Waals surface area contributed by atoms with Gasteiger partial charge in [0.2, 0.25) is 0 Å². The molecule has 0 bridgehead atoms. The zero-order valence-electron chi connectivity index (χ0n) is 28.0. The summed E-state index contributed by atoms with van der Waals surface area (Å²) >= 11 is 0. The Morgan fingerprint density at radius 3 is 1.63 bits per heavy atom. The van der Waals surface area contributed by atoms with Gasteiger partial charge in [-0.15, -0.1) is 0 Å². The van der Waals surface area contributed by atoms with Gasteiger partial charge in [0.1, 0.15) is 22.8 Å². The molecule has 0 aliphatic carbocycles. The first-order chi connectivity index (χ1) is 25.8. The highest BCUT2D eigenvalue weighted by atomic mass is 15.1. The molecular weight excluding hydrogens is 637 g/mol. The predicted molar refractivity (Wildman–Crippen MR) is 210 cm³/mol. The summed E-state index contributed by atoms with van der Waals surface area (Å²) in [6.45, 7) is 0. The molecule has 6 nitrogen and oxygen atoms in total. The zero-order valence-corrected chi connectivity index (χ0v) is 28.0. The number of rotatable bonds is 6. The first-order valence-electron chi connectivity index (χ1n) is 17.3. The number of fused-ring (bicyclic) bond motifs is 4. The molecule has 6 heteroatoms. The van der Waals surface area contributed by atoms with Gasteiger partial charge in [-0.1, -0.05) is 158 Å². The summed E-state index contributed by atoms with van der Waals surface area (Å²) < 4.78 is 4.36. The summed E-state index contributed by atoms with van der Waals surface area (Å²) in [6.07, 6.45) is 1.87. The second kappa shape index (κ2) is 12.3. The average Bonchev–Trinajstić information content (AvgIpc) is 3.78. The van der Waals surface area contributed by atoms with E-state index >= 15 is 0 Å². The number of pyridine rings is 1. The normalized spacial score (nSPS) is 11.5. The minimum atomic E-state index is 0.658. The second-order valence-corrected chi connectivity index (χ2v) is 12.7. The van der Waals surface area contributed by atoms with Gasteiger partial charge in [-0.25, -0.2) is 19.9 Å². The Bertz CT molecular complexity index is 2860. The highest BCUT2D eigenvalue weighted by Gasteiger charge is 2.22. The van der Waals surface area contributed by atoms with Crippen LogP contribution in [0.1, 0.15) is 0 Å². The summed E-state index contributed by atoms with van der Waals surface area (Å²) in [6, 6.07) is 60.5. The van der Waals surface area contributed by atoms with Crippen LogP contribution in [0.4, 0.5) is 0 Å². The molecule has 4 aromatic heterocycles. The lowest BCUT2D eigenvalue weighted by Crippen LogP contribution is -2.03. The van der Waals surface area contributed by atoms with Crippen molar-refractivity contribution in [3.63, 3.8) is 0 Å². The molecule has 10 rings (SSSR count). The molecule has 0 aliphatic heterocycles. The van der Waals surface area contributed by atoms with Crippen LogP contribution in [0.3, 0.4) is 0 Å². The van der Waals surface area contributed by atoms with Gasteiger partial charge in [-0.05, 0) is 29.3 Å². The van der Waals surface area contributed by atoms with Crippen molar-refractivity contribution >= 4 is 27.6 Å². The molecule has 0 atom stereocenters. The fourth-order valence-electron chi connectivity index (χ4n) is 7.22. The Morgan fingerprint density at radius 1 is 0.385 bits per heavy atom. The number of imidazole rings is 1. The SMILES string of the molecule is c1ccc(-c2ccnc3c2nc(-c2ccc(-c4nc(-c5ccccc5)n5c(-c6ccccc6)c6ccccc6c5n4)cc2)n3-c2ccccc2)cc1. The maximum absolute atomic E-state index is 5.29. The lowest BCUT2D eigenvalue weighted by Gasteiger charge is -2.13. The molecule has 0 saturated heterocycles. The molecule has 10 aromatic rings. The summed E-state index contributed by atoms with van der Waals surface area (Å²) in [4.78, 5) is 20.7. The number of para-hydroxylation sites is 1. The van der Waals surface area contributed by atoms with Crippen LogP contribution in [-0.2, 0) is 0 Å². The number of nitrogens with zero attached hydrogens (tertiary/aromatic N) is 6. The third-order valence-corrected chi connectivity index (χ3v) is 9.62. The Labute approximate surface area is 300 Å². The summed E-state index contributed by atoms with van der Waals surface area (Å²) in [7, 11) is 0. The molecule has 6 aromatic carbocycles. The third-order valence-electron chi connectivity index (χ3n) is 9.62. The van der Waals surface area contributed by atoms with Gasteiger partial charge in [0, 0.05) is 44.9 Å². The van der Waals surface area contributed by atoms with Crippen LogP contribution in [0.15, 0.2) is 182 Å². The van der Waals surface area contributed by atoms with Crippen LogP contribution in [0.25, 0.3) is 89.8 Å². The van der Waals surface area contributed by atoms with Gasteiger partial charge in [0.15, 0.2) is 11.5 Å². The lowest BCUT2D eigenvalue weighted by molar-refractivity contribution is 1.05. The molecule has 52 heavy (non-hydrogen) atoms. The standard InChI is InChI=1S/C46H30N6/c1-5-15-31(16-6-1)37-29-30-47-46-40(37)48-43(51(46)36-21-11-4-12-22-36)35-27-25-33(26-28-35)42-49-44(34-19-9-3-10-20-34)52-41(32-17-7-2-8-18-32)38-23-13-14-24-39(38)45(52)50-42/h1-30H. The van der Waals surface area contributed by atoms with Crippen LogP contribution in [0.5, 0.6) is 0 Å². The lowest BCUT2D eigenvalue weighted by atomic mass is 10.1. The number of hydrogen-bond donors (Lipinski definition) is 0. The van der Waals surface area contributed by atoms with Crippen molar-refractivity contribution < 1.29 is 0 Å². The van der Waals surface area contributed by atoms with Gasteiger partial charge in [-0.3, -0.25) is 8.97 Å². The second-order valence-electron chi connectivity index (χ2n) is 12.7. The molecule has 0 unspecified atom stereocenters. The van der Waals surface area contributed by atoms with Crippen LogP contribution in [0.2, 0.25) is 0 Å². The molecule has 0 radical (unpaired) electrons. The number of benzene rings is 6. The smallest absolute Gasteiger partial charge is 0.165 e. The Kier molecular flexibility index (Phi) is 7.03. The minimum Gasteiger partial charge on any atom is -0.277 e. The van der Waals surface area contributed by atoms with E-state index in [1.165, 1.54) is 0 Å². The van der Waals surface area contributed by atoms with E-state index in [1.54, 1.807) is 0 Å². The van der Waals surface area contributed by atoms with Crippen molar-refractivity contribution in [1.29, 1.82) is 0 Å². The van der Waals surface area contributed by atoms with E-state index in [2.05, 4.69) is 142 Å². The molecule has 0 aliphatic rings. The van der Waals surface area contributed by atoms with Crippen molar-refractivity contribution in [3.05, 3.63) is 182 Å². The maximum atomic E-state index is 5.29. The van der Waals surface area contributed by atoms with Gasteiger partial charge < -0.3 is 0 Å². The van der Waals surface area contributed by atoms with E-state index in [4.69, 9.17) is 19.9 Å². The maximum Gasteiger partial charge on any atom is 0.165 e. The Balaban J connectivity index is 1.17. The molecular formula is C46H30N6. The molecule has 0 spiro atoms. The van der Waals surface area contributed by atoms with Gasteiger partial charge in [0.25, 0.3) is 0 Å². The highest BCUT2D eigenvalue weighted by molar-refractivity contribution is 6.06. The topological polar surface area (TPSA) is 60.9 Å². The molecule has 4 heterocycles. The predicted octanol–water partition coefficient (Wildman–Crippen LogP) is 11.0. The number of aromatic nitrogens is 6. The van der Waals surface area contributed by atoms with Gasteiger partial charge in [0.05, 0.1) is 5.69 Å². The van der Waals surface area contributed by atoms with Crippen molar-refractivity contribution in [2.75, 3.05) is 0 Å². The van der Waals surface area contributed by atoms with Crippen molar-refractivity contribution in [2.45, 2.75) is 0 Å². The van der Waals surface area contributed by atoms with Crippen LogP contribution in [0, 0.1) is 0 Å². The van der Waals surface area contributed by atoms with Crippen molar-refractivity contribution in [3.8, 4) is 62.2 Å². The molecule has 244 valence electrons. The molecule has 0 N–H and O–H groups in total. The molecule has 0 fully saturated rings. The van der Waals surface area contributed by atoms with Crippen LogP contribution >= 0.6 is 0 Å². The van der Waals surface area contributed by atoms with Gasteiger partial charge in [-0.2, -0.15) is 0 Å². The van der Waals surface area contributed by atoms with E-state index in [0.29, 0.717) is 5.82 Å². The summed E-state index contributed by atoms with van der Waals surface area (Å²) in [5.41, 5.74) is 10.8. The Hall–Kier alpha value is -7.18. The highest BCUT2D eigenvalue weighted by Crippen LogP contribution is 2.38. The van der Waals surface area contributed by atoms with Gasteiger partial charge >= 0.3 is 0 Å². The largest absolute Gasteiger partial charge is 0.277 e. The molecule has 0 saturated carbocycles. The van der Waals surface area contributed by atoms with E-state index in [-0.39, 0.29) is 0 Å². The quantitative estimate of drug-likeness (QED) is 0.177. The fraction of sp³-hybridized carbons (Fsp3) is 0. The van der Waals surface area contributed by atoms with Crippen molar-refractivity contribution in [2.24, 2.45) is 0 Å². The summed E-state index contributed by atoms with van der Waals surface area (Å²) in [5, 5.41) is 2.22.